The van der Waals surface area contributed by atoms with Crippen molar-refractivity contribution in [2.75, 3.05) is 18.0 Å². The smallest absolute Gasteiger partial charge is 0.169 e. The minimum atomic E-state index is 0.593. The Labute approximate surface area is 82.5 Å². The summed E-state index contributed by atoms with van der Waals surface area (Å²) < 4.78 is 0. The Morgan fingerprint density at radius 1 is 1.43 bits per heavy atom. The Morgan fingerprint density at radius 3 is 3.07 bits per heavy atom. The predicted molar refractivity (Wildman–Crippen MR) is 52.7 cm³/mol. The monoisotopic (exact) mass is 186 g/mol. The lowest BCUT2D eigenvalue weighted by Gasteiger charge is -2.24. The molecule has 1 aromatic rings. The van der Waals surface area contributed by atoms with Crippen molar-refractivity contribution in [2.24, 2.45) is 0 Å². The summed E-state index contributed by atoms with van der Waals surface area (Å²) in [4.78, 5) is 2.06. The molecule has 0 fully saturated rings. The highest BCUT2D eigenvalue weighted by Crippen LogP contribution is 2.17. The molecule has 2 rings (SSSR count). The number of hydrogen-bond acceptors (Lipinski definition) is 4. The Kier molecular flexibility index (Phi) is 2.41. The fraction of sp³-hybridized carbons (Fsp3) is 0.300. The SMILES string of the molecule is N#Cc1ccnnc1N1CC=CCC1. The van der Waals surface area contributed by atoms with E-state index in [9.17, 15) is 0 Å². The molecule has 1 aliphatic heterocycles. The molecular formula is C10H10N4. The molecule has 0 spiro atoms. The molecule has 0 bridgehead atoms. The summed E-state index contributed by atoms with van der Waals surface area (Å²) in [5, 5.41) is 16.7. The van der Waals surface area contributed by atoms with Gasteiger partial charge in [0.25, 0.3) is 0 Å². The van der Waals surface area contributed by atoms with Crippen molar-refractivity contribution in [1.82, 2.24) is 10.2 Å². The van der Waals surface area contributed by atoms with Crippen LogP contribution in [0, 0.1) is 11.3 Å². The van der Waals surface area contributed by atoms with Gasteiger partial charge in [0.1, 0.15) is 6.07 Å². The van der Waals surface area contributed by atoms with Crippen molar-refractivity contribution >= 4 is 5.82 Å². The highest BCUT2D eigenvalue weighted by Gasteiger charge is 2.12. The van der Waals surface area contributed by atoms with Gasteiger partial charge >= 0.3 is 0 Å². The van der Waals surface area contributed by atoms with Crippen LogP contribution < -0.4 is 4.90 Å². The Morgan fingerprint density at radius 2 is 2.36 bits per heavy atom. The fourth-order valence-corrected chi connectivity index (χ4v) is 1.48. The summed E-state index contributed by atoms with van der Waals surface area (Å²) in [7, 11) is 0. The maximum absolute atomic E-state index is 8.89. The van der Waals surface area contributed by atoms with Crippen LogP contribution in [0.15, 0.2) is 24.4 Å². The lowest BCUT2D eigenvalue weighted by molar-refractivity contribution is 0.789. The molecule has 0 unspecified atom stereocenters. The number of aromatic nitrogens is 2. The normalized spacial score (nSPS) is 15.2. The molecule has 0 saturated heterocycles. The van der Waals surface area contributed by atoms with E-state index in [0.717, 1.165) is 19.5 Å². The van der Waals surface area contributed by atoms with Crippen LogP contribution in [0.4, 0.5) is 5.82 Å². The molecule has 4 nitrogen and oxygen atoms in total. The topological polar surface area (TPSA) is 52.8 Å². The summed E-state index contributed by atoms with van der Waals surface area (Å²) in [6, 6.07) is 3.82. The largest absolute Gasteiger partial charge is 0.350 e. The first-order chi connectivity index (χ1) is 6.92. The van der Waals surface area contributed by atoms with E-state index in [1.165, 1.54) is 0 Å². The van der Waals surface area contributed by atoms with E-state index in [4.69, 9.17) is 5.26 Å². The second kappa shape index (κ2) is 3.88. The van der Waals surface area contributed by atoms with E-state index in [1.807, 2.05) is 0 Å². The van der Waals surface area contributed by atoms with Gasteiger partial charge in [0.15, 0.2) is 5.82 Å². The quantitative estimate of drug-likeness (QED) is 0.616. The van der Waals surface area contributed by atoms with Crippen molar-refractivity contribution in [3.63, 3.8) is 0 Å². The fourth-order valence-electron chi connectivity index (χ4n) is 1.48. The first kappa shape index (κ1) is 8.70. The molecule has 14 heavy (non-hydrogen) atoms. The van der Waals surface area contributed by atoms with Crippen molar-refractivity contribution in [3.8, 4) is 6.07 Å². The molecule has 0 N–H and O–H groups in total. The van der Waals surface area contributed by atoms with Crippen LogP contribution in [0.25, 0.3) is 0 Å². The van der Waals surface area contributed by atoms with Crippen LogP contribution in [0.3, 0.4) is 0 Å². The van der Waals surface area contributed by atoms with Crippen LogP contribution >= 0.6 is 0 Å². The molecule has 2 heterocycles. The molecule has 1 aromatic heterocycles. The molecule has 4 heteroatoms. The van der Waals surface area contributed by atoms with Crippen molar-refractivity contribution < 1.29 is 0 Å². The summed E-state index contributed by atoms with van der Waals surface area (Å²) in [6.45, 7) is 1.72. The number of nitrogens with zero attached hydrogens (tertiary/aromatic N) is 4. The predicted octanol–water partition coefficient (Wildman–Crippen LogP) is 1.11. The van der Waals surface area contributed by atoms with Crippen molar-refractivity contribution in [1.29, 1.82) is 5.26 Å². The molecule has 0 aliphatic carbocycles. The van der Waals surface area contributed by atoms with Gasteiger partial charge in [-0.15, -0.1) is 5.10 Å². The van der Waals surface area contributed by atoms with Gasteiger partial charge in [-0.05, 0) is 12.5 Å². The van der Waals surface area contributed by atoms with E-state index in [0.29, 0.717) is 11.4 Å². The highest BCUT2D eigenvalue weighted by atomic mass is 15.3. The molecule has 0 atom stereocenters. The average Bonchev–Trinajstić information content (AvgIpc) is 2.30. The van der Waals surface area contributed by atoms with Gasteiger partial charge in [0.2, 0.25) is 0 Å². The number of nitriles is 1. The maximum atomic E-state index is 8.89. The van der Waals surface area contributed by atoms with Crippen molar-refractivity contribution in [3.05, 3.63) is 30.0 Å². The van der Waals surface area contributed by atoms with Gasteiger partial charge in [-0.3, -0.25) is 0 Å². The first-order valence-electron chi connectivity index (χ1n) is 4.53. The Bertz CT molecular complexity index is 391. The second-order valence-electron chi connectivity index (χ2n) is 3.09. The van der Waals surface area contributed by atoms with Crippen molar-refractivity contribution in [2.45, 2.75) is 6.42 Å². The second-order valence-corrected chi connectivity index (χ2v) is 3.09. The first-order valence-corrected chi connectivity index (χ1v) is 4.53. The summed E-state index contributed by atoms with van der Waals surface area (Å²) in [5.74, 6) is 0.694. The molecular weight excluding hydrogens is 176 g/mol. The molecule has 0 radical (unpaired) electrons. The Balaban J connectivity index is 2.31. The van der Waals surface area contributed by atoms with E-state index in [1.54, 1.807) is 12.3 Å². The molecule has 0 amide bonds. The third-order valence-corrected chi connectivity index (χ3v) is 2.18. The van der Waals surface area contributed by atoms with Crippen LogP contribution in [0.1, 0.15) is 12.0 Å². The van der Waals surface area contributed by atoms with Crippen LogP contribution in [0.2, 0.25) is 0 Å². The lowest BCUT2D eigenvalue weighted by atomic mass is 10.2. The Hall–Kier alpha value is -1.89. The zero-order valence-corrected chi connectivity index (χ0v) is 7.72. The molecule has 0 saturated carbocycles. The van der Waals surface area contributed by atoms with E-state index in [2.05, 4.69) is 33.3 Å². The summed E-state index contributed by atoms with van der Waals surface area (Å²) in [6.07, 6.45) is 6.77. The minimum Gasteiger partial charge on any atom is -0.350 e. The molecule has 0 aromatic carbocycles. The molecule has 1 aliphatic rings. The van der Waals surface area contributed by atoms with Crippen LogP contribution in [-0.2, 0) is 0 Å². The van der Waals surface area contributed by atoms with Gasteiger partial charge in [0.05, 0.1) is 11.8 Å². The van der Waals surface area contributed by atoms with Gasteiger partial charge in [-0.25, -0.2) is 0 Å². The standard InChI is InChI=1S/C10H10N4/c11-8-9-4-5-12-13-10(9)14-6-2-1-3-7-14/h1-2,4-5H,3,6-7H2. The van der Waals surface area contributed by atoms with Crippen LogP contribution in [-0.4, -0.2) is 23.3 Å². The third kappa shape index (κ3) is 1.57. The maximum Gasteiger partial charge on any atom is 0.169 e. The van der Waals surface area contributed by atoms with Gasteiger partial charge in [-0.1, -0.05) is 12.2 Å². The van der Waals surface area contributed by atoms with Gasteiger partial charge in [0, 0.05) is 13.1 Å². The summed E-state index contributed by atoms with van der Waals surface area (Å²) >= 11 is 0. The number of hydrogen-bond donors (Lipinski definition) is 0. The van der Waals surface area contributed by atoms with Gasteiger partial charge < -0.3 is 4.90 Å². The molecule has 70 valence electrons. The van der Waals surface area contributed by atoms with E-state index in [-0.39, 0.29) is 0 Å². The average molecular weight is 186 g/mol. The lowest BCUT2D eigenvalue weighted by Crippen LogP contribution is -2.28. The van der Waals surface area contributed by atoms with Crippen LogP contribution in [0.5, 0.6) is 0 Å². The zero-order valence-electron chi connectivity index (χ0n) is 7.72. The summed E-state index contributed by atoms with van der Waals surface area (Å²) in [5.41, 5.74) is 0.593. The van der Waals surface area contributed by atoms with E-state index < -0.39 is 0 Å². The number of rotatable bonds is 1. The van der Waals surface area contributed by atoms with E-state index >= 15 is 0 Å². The number of anilines is 1. The minimum absolute atomic E-state index is 0.593. The zero-order chi connectivity index (χ0) is 9.80. The third-order valence-electron chi connectivity index (χ3n) is 2.18. The van der Waals surface area contributed by atoms with Gasteiger partial charge in [-0.2, -0.15) is 10.4 Å². The highest BCUT2D eigenvalue weighted by molar-refractivity contribution is 5.53.